The minimum absolute atomic E-state index is 0.926. The van der Waals surface area contributed by atoms with Crippen molar-refractivity contribution < 1.29 is 0 Å². The van der Waals surface area contributed by atoms with Gasteiger partial charge in [0.25, 0.3) is 0 Å². The van der Waals surface area contributed by atoms with Crippen LogP contribution in [-0.4, -0.2) is 13.1 Å². The van der Waals surface area contributed by atoms with Crippen LogP contribution < -0.4 is 10.6 Å². The molecule has 0 saturated carbocycles. The SMILES string of the molecule is CCCCN(CC)c1cccc(C)c1N. The summed E-state index contributed by atoms with van der Waals surface area (Å²) in [6.45, 7) is 8.58. The lowest BCUT2D eigenvalue weighted by atomic mass is 10.1. The van der Waals surface area contributed by atoms with Crippen molar-refractivity contribution in [2.24, 2.45) is 0 Å². The fourth-order valence-electron chi connectivity index (χ4n) is 1.74. The Bertz CT molecular complexity index is 307. The van der Waals surface area contributed by atoms with Crippen LogP contribution >= 0.6 is 0 Å². The first-order valence-electron chi connectivity index (χ1n) is 5.80. The molecule has 0 amide bonds. The van der Waals surface area contributed by atoms with Crippen LogP contribution in [0, 0.1) is 6.92 Å². The Morgan fingerprint density at radius 3 is 2.60 bits per heavy atom. The largest absolute Gasteiger partial charge is 0.397 e. The van der Waals surface area contributed by atoms with Crippen molar-refractivity contribution in [1.82, 2.24) is 0 Å². The van der Waals surface area contributed by atoms with Gasteiger partial charge in [0.05, 0.1) is 11.4 Å². The molecule has 0 radical (unpaired) electrons. The number of aryl methyl sites for hydroxylation is 1. The van der Waals surface area contributed by atoms with Gasteiger partial charge in [-0.2, -0.15) is 0 Å². The molecule has 1 aromatic rings. The lowest BCUT2D eigenvalue weighted by Gasteiger charge is -2.25. The molecule has 0 aliphatic heterocycles. The molecule has 84 valence electrons. The Morgan fingerprint density at radius 1 is 1.27 bits per heavy atom. The number of unbranched alkanes of at least 4 members (excludes halogenated alkanes) is 1. The van der Waals surface area contributed by atoms with Gasteiger partial charge in [-0.25, -0.2) is 0 Å². The molecule has 2 N–H and O–H groups in total. The predicted molar refractivity (Wildman–Crippen MR) is 68.4 cm³/mol. The van der Waals surface area contributed by atoms with Crippen molar-refractivity contribution in [3.8, 4) is 0 Å². The van der Waals surface area contributed by atoms with Crippen molar-refractivity contribution in [3.05, 3.63) is 23.8 Å². The second kappa shape index (κ2) is 5.64. The Morgan fingerprint density at radius 2 is 2.00 bits per heavy atom. The van der Waals surface area contributed by atoms with E-state index in [0.717, 1.165) is 18.8 Å². The molecule has 0 spiro atoms. The van der Waals surface area contributed by atoms with Gasteiger partial charge in [0.1, 0.15) is 0 Å². The molecule has 0 bridgehead atoms. The van der Waals surface area contributed by atoms with E-state index in [9.17, 15) is 0 Å². The number of nitrogens with zero attached hydrogens (tertiary/aromatic N) is 1. The molecule has 0 aromatic heterocycles. The van der Waals surface area contributed by atoms with Gasteiger partial charge in [-0.3, -0.25) is 0 Å². The van der Waals surface area contributed by atoms with Gasteiger partial charge >= 0.3 is 0 Å². The summed E-state index contributed by atoms with van der Waals surface area (Å²) in [5.74, 6) is 0. The van der Waals surface area contributed by atoms with E-state index in [0.29, 0.717) is 0 Å². The zero-order chi connectivity index (χ0) is 11.3. The summed E-state index contributed by atoms with van der Waals surface area (Å²) in [4.78, 5) is 2.35. The molecule has 0 aliphatic rings. The number of nitrogen functional groups attached to an aromatic ring is 1. The zero-order valence-corrected chi connectivity index (χ0v) is 10.1. The predicted octanol–water partition coefficient (Wildman–Crippen LogP) is 3.20. The quantitative estimate of drug-likeness (QED) is 0.750. The van der Waals surface area contributed by atoms with Crippen LogP contribution in [0.5, 0.6) is 0 Å². The third-order valence-electron chi connectivity index (χ3n) is 2.81. The Labute approximate surface area is 93.1 Å². The first-order chi connectivity index (χ1) is 7.20. The molecule has 0 atom stereocenters. The number of benzene rings is 1. The lowest BCUT2D eigenvalue weighted by molar-refractivity contribution is 0.733. The van der Waals surface area contributed by atoms with Crippen molar-refractivity contribution in [2.45, 2.75) is 33.6 Å². The number of para-hydroxylation sites is 1. The van der Waals surface area contributed by atoms with Crippen molar-refractivity contribution in [2.75, 3.05) is 23.7 Å². The van der Waals surface area contributed by atoms with Crippen LogP contribution in [0.15, 0.2) is 18.2 Å². The Balaban J connectivity index is 2.86. The molecule has 2 nitrogen and oxygen atoms in total. The molecular weight excluding hydrogens is 184 g/mol. The molecule has 0 unspecified atom stereocenters. The van der Waals surface area contributed by atoms with E-state index in [1.807, 2.05) is 0 Å². The topological polar surface area (TPSA) is 29.3 Å². The van der Waals surface area contributed by atoms with E-state index in [4.69, 9.17) is 5.73 Å². The molecular formula is C13H22N2. The zero-order valence-electron chi connectivity index (χ0n) is 10.1. The third kappa shape index (κ3) is 2.88. The van der Waals surface area contributed by atoms with Gasteiger partial charge < -0.3 is 10.6 Å². The first-order valence-corrected chi connectivity index (χ1v) is 5.80. The second-order valence-electron chi connectivity index (χ2n) is 3.94. The molecule has 0 fully saturated rings. The van der Waals surface area contributed by atoms with Crippen LogP contribution in [0.2, 0.25) is 0 Å². The molecule has 2 heteroatoms. The standard InChI is InChI=1S/C13H22N2/c1-4-6-10-15(5-2)12-9-7-8-11(3)13(12)14/h7-9H,4-6,10,14H2,1-3H3. The maximum atomic E-state index is 6.09. The van der Waals surface area contributed by atoms with Gasteiger partial charge in [-0.05, 0) is 31.9 Å². The minimum Gasteiger partial charge on any atom is -0.397 e. The highest BCUT2D eigenvalue weighted by Crippen LogP contribution is 2.26. The summed E-state index contributed by atoms with van der Waals surface area (Å²) in [5, 5.41) is 0. The van der Waals surface area contributed by atoms with Gasteiger partial charge in [0.2, 0.25) is 0 Å². The van der Waals surface area contributed by atoms with E-state index in [-0.39, 0.29) is 0 Å². The third-order valence-corrected chi connectivity index (χ3v) is 2.81. The molecule has 1 aromatic carbocycles. The van der Waals surface area contributed by atoms with Gasteiger partial charge in [-0.1, -0.05) is 25.5 Å². The molecule has 0 aliphatic carbocycles. The van der Waals surface area contributed by atoms with Crippen LogP contribution in [0.1, 0.15) is 32.3 Å². The summed E-state index contributed by atoms with van der Waals surface area (Å²) >= 11 is 0. The summed E-state index contributed by atoms with van der Waals surface area (Å²) < 4.78 is 0. The second-order valence-corrected chi connectivity index (χ2v) is 3.94. The van der Waals surface area contributed by atoms with Crippen LogP contribution in [-0.2, 0) is 0 Å². The normalized spacial score (nSPS) is 10.3. The van der Waals surface area contributed by atoms with Gasteiger partial charge in [-0.15, -0.1) is 0 Å². The van der Waals surface area contributed by atoms with Gasteiger partial charge in [0.15, 0.2) is 0 Å². The fraction of sp³-hybridized carbons (Fsp3) is 0.538. The van der Waals surface area contributed by atoms with Crippen LogP contribution in [0.3, 0.4) is 0 Å². The average molecular weight is 206 g/mol. The highest BCUT2D eigenvalue weighted by molar-refractivity contribution is 5.70. The Kier molecular flexibility index (Phi) is 4.47. The van der Waals surface area contributed by atoms with E-state index in [1.54, 1.807) is 0 Å². The summed E-state index contributed by atoms with van der Waals surface area (Å²) in [6.07, 6.45) is 2.45. The average Bonchev–Trinajstić information content (AvgIpc) is 2.25. The van der Waals surface area contributed by atoms with Crippen molar-refractivity contribution in [1.29, 1.82) is 0 Å². The van der Waals surface area contributed by atoms with Crippen molar-refractivity contribution in [3.63, 3.8) is 0 Å². The van der Waals surface area contributed by atoms with E-state index in [2.05, 4.69) is 43.9 Å². The summed E-state index contributed by atoms with van der Waals surface area (Å²) in [6, 6.07) is 6.25. The monoisotopic (exact) mass is 206 g/mol. The number of hydrogen-bond acceptors (Lipinski definition) is 2. The van der Waals surface area contributed by atoms with E-state index < -0.39 is 0 Å². The maximum absolute atomic E-state index is 6.09. The summed E-state index contributed by atoms with van der Waals surface area (Å²) in [5.41, 5.74) is 9.37. The van der Waals surface area contributed by atoms with E-state index >= 15 is 0 Å². The molecule has 1 rings (SSSR count). The number of rotatable bonds is 5. The Hall–Kier alpha value is -1.18. The minimum atomic E-state index is 0.926. The molecule has 0 heterocycles. The maximum Gasteiger partial charge on any atom is 0.0602 e. The van der Waals surface area contributed by atoms with Crippen LogP contribution in [0.25, 0.3) is 0 Å². The lowest BCUT2D eigenvalue weighted by Crippen LogP contribution is -2.24. The van der Waals surface area contributed by atoms with Crippen molar-refractivity contribution >= 4 is 11.4 Å². The number of nitrogens with two attached hydrogens (primary N) is 1. The van der Waals surface area contributed by atoms with Crippen LogP contribution in [0.4, 0.5) is 11.4 Å². The fourth-order valence-corrected chi connectivity index (χ4v) is 1.74. The number of hydrogen-bond donors (Lipinski definition) is 1. The molecule has 15 heavy (non-hydrogen) atoms. The van der Waals surface area contributed by atoms with Gasteiger partial charge in [0, 0.05) is 13.1 Å². The smallest absolute Gasteiger partial charge is 0.0602 e. The highest BCUT2D eigenvalue weighted by Gasteiger charge is 2.08. The molecule has 0 saturated heterocycles. The van der Waals surface area contributed by atoms with E-state index in [1.165, 1.54) is 24.1 Å². The number of anilines is 2. The summed E-state index contributed by atoms with van der Waals surface area (Å²) in [7, 11) is 0. The highest BCUT2D eigenvalue weighted by atomic mass is 15.1. The first kappa shape index (κ1) is 11.9.